The largest absolute Gasteiger partial charge is 0.494 e. The van der Waals surface area contributed by atoms with Gasteiger partial charge in [0.15, 0.2) is 11.6 Å². The van der Waals surface area contributed by atoms with Crippen molar-refractivity contribution < 1.29 is 9.13 Å². The van der Waals surface area contributed by atoms with Gasteiger partial charge in [-0.3, -0.25) is 4.90 Å². The fourth-order valence-corrected chi connectivity index (χ4v) is 2.16. The van der Waals surface area contributed by atoms with Gasteiger partial charge in [-0.2, -0.15) is 0 Å². The van der Waals surface area contributed by atoms with Gasteiger partial charge in [0.1, 0.15) is 0 Å². The average Bonchev–Trinajstić information content (AvgIpc) is 2.32. The van der Waals surface area contributed by atoms with Crippen LogP contribution in [0.15, 0.2) is 18.2 Å². The summed E-state index contributed by atoms with van der Waals surface area (Å²) in [7, 11) is 1.48. The van der Waals surface area contributed by atoms with E-state index in [-0.39, 0.29) is 5.82 Å². The van der Waals surface area contributed by atoms with Gasteiger partial charge in [0.05, 0.1) is 7.11 Å². The van der Waals surface area contributed by atoms with E-state index in [0.29, 0.717) is 11.8 Å². The van der Waals surface area contributed by atoms with Crippen molar-refractivity contribution in [3.8, 4) is 5.75 Å². The molecule has 0 aliphatic carbocycles. The number of nitrogens with zero attached hydrogens (tertiary/aromatic N) is 1. The van der Waals surface area contributed by atoms with Gasteiger partial charge in [-0.05, 0) is 24.6 Å². The van der Waals surface area contributed by atoms with E-state index in [1.807, 2.05) is 6.07 Å². The van der Waals surface area contributed by atoms with Crippen molar-refractivity contribution in [2.24, 2.45) is 0 Å². The first-order valence-electron chi connectivity index (χ1n) is 5.98. The normalized spacial score (nSPS) is 21.5. The van der Waals surface area contributed by atoms with Crippen LogP contribution >= 0.6 is 0 Å². The molecule has 1 aliphatic heterocycles. The molecule has 0 unspecified atom stereocenters. The van der Waals surface area contributed by atoms with Crippen molar-refractivity contribution in [3.63, 3.8) is 0 Å². The van der Waals surface area contributed by atoms with Gasteiger partial charge in [-0.25, -0.2) is 4.39 Å². The van der Waals surface area contributed by atoms with Crippen molar-refractivity contribution in [2.45, 2.75) is 19.5 Å². The summed E-state index contributed by atoms with van der Waals surface area (Å²) in [5.74, 6) is 0.0231. The second-order valence-corrected chi connectivity index (χ2v) is 4.49. The van der Waals surface area contributed by atoms with Crippen LogP contribution in [-0.2, 0) is 6.54 Å². The van der Waals surface area contributed by atoms with Gasteiger partial charge in [0.2, 0.25) is 0 Å². The Hall–Kier alpha value is -1.13. The molecule has 3 nitrogen and oxygen atoms in total. The summed E-state index contributed by atoms with van der Waals surface area (Å²) >= 11 is 0. The Morgan fingerprint density at radius 2 is 2.35 bits per heavy atom. The van der Waals surface area contributed by atoms with E-state index < -0.39 is 0 Å². The van der Waals surface area contributed by atoms with Crippen molar-refractivity contribution >= 4 is 0 Å². The maximum Gasteiger partial charge on any atom is 0.165 e. The molecule has 1 heterocycles. The Labute approximate surface area is 102 Å². The summed E-state index contributed by atoms with van der Waals surface area (Å²) in [6, 6.07) is 5.68. The lowest BCUT2D eigenvalue weighted by molar-refractivity contribution is 0.165. The number of rotatable bonds is 3. The maximum absolute atomic E-state index is 13.5. The zero-order valence-electron chi connectivity index (χ0n) is 10.4. The van der Waals surface area contributed by atoms with Crippen molar-refractivity contribution in [1.82, 2.24) is 10.2 Å². The van der Waals surface area contributed by atoms with Gasteiger partial charge in [-0.15, -0.1) is 0 Å². The van der Waals surface area contributed by atoms with Crippen LogP contribution < -0.4 is 10.1 Å². The lowest BCUT2D eigenvalue weighted by Gasteiger charge is -2.33. The molecule has 0 bridgehead atoms. The van der Waals surface area contributed by atoms with E-state index in [0.717, 1.165) is 31.7 Å². The van der Waals surface area contributed by atoms with E-state index in [1.165, 1.54) is 7.11 Å². The molecule has 1 N–H and O–H groups in total. The highest BCUT2D eigenvalue weighted by atomic mass is 19.1. The highest BCUT2D eigenvalue weighted by molar-refractivity contribution is 5.29. The fourth-order valence-electron chi connectivity index (χ4n) is 2.16. The molecule has 0 spiro atoms. The minimum absolute atomic E-state index is 0.284. The average molecular weight is 238 g/mol. The molecular weight excluding hydrogens is 219 g/mol. The molecule has 0 saturated carbocycles. The van der Waals surface area contributed by atoms with Gasteiger partial charge in [-0.1, -0.05) is 6.07 Å². The molecule has 1 atom stereocenters. The molecular formula is C13H19FN2O. The van der Waals surface area contributed by atoms with Crippen LogP contribution in [0.1, 0.15) is 12.5 Å². The van der Waals surface area contributed by atoms with E-state index in [1.54, 1.807) is 12.1 Å². The molecule has 0 aromatic heterocycles. The Bertz CT molecular complexity index is 384. The molecule has 1 aliphatic rings. The van der Waals surface area contributed by atoms with Crippen molar-refractivity contribution in [3.05, 3.63) is 29.6 Å². The summed E-state index contributed by atoms with van der Waals surface area (Å²) in [6.07, 6.45) is 0. The number of halogens is 1. The molecule has 1 aromatic carbocycles. The van der Waals surface area contributed by atoms with Gasteiger partial charge < -0.3 is 10.1 Å². The molecule has 94 valence electrons. The van der Waals surface area contributed by atoms with E-state index in [2.05, 4.69) is 17.1 Å². The lowest BCUT2D eigenvalue weighted by Crippen LogP contribution is -2.49. The molecule has 1 fully saturated rings. The minimum atomic E-state index is -0.284. The first kappa shape index (κ1) is 12.3. The number of ether oxygens (including phenoxy) is 1. The third-order valence-electron chi connectivity index (χ3n) is 3.24. The molecule has 17 heavy (non-hydrogen) atoms. The smallest absolute Gasteiger partial charge is 0.165 e. The Morgan fingerprint density at radius 1 is 1.53 bits per heavy atom. The van der Waals surface area contributed by atoms with Crippen LogP contribution in [0.5, 0.6) is 5.75 Å². The first-order valence-corrected chi connectivity index (χ1v) is 5.98. The van der Waals surface area contributed by atoms with Crippen LogP contribution in [0, 0.1) is 5.82 Å². The van der Waals surface area contributed by atoms with Crippen LogP contribution in [0.4, 0.5) is 4.39 Å². The molecule has 1 aromatic rings. The number of piperazine rings is 1. The predicted octanol–water partition coefficient (Wildman–Crippen LogP) is 1.63. The summed E-state index contributed by atoms with van der Waals surface area (Å²) < 4.78 is 18.5. The molecule has 2 rings (SSSR count). The van der Waals surface area contributed by atoms with Gasteiger partial charge in [0, 0.05) is 32.2 Å². The van der Waals surface area contributed by atoms with Gasteiger partial charge >= 0.3 is 0 Å². The molecule has 0 radical (unpaired) electrons. The van der Waals surface area contributed by atoms with E-state index >= 15 is 0 Å². The zero-order chi connectivity index (χ0) is 12.3. The minimum Gasteiger partial charge on any atom is -0.494 e. The van der Waals surface area contributed by atoms with Crippen molar-refractivity contribution in [2.75, 3.05) is 26.7 Å². The summed E-state index contributed by atoms with van der Waals surface area (Å²) in [4.78, 5) is 2.36. The lowest BCUT2D eigenvalue weighted by atomic mass is 10.1. The third kappa shape index (κ3) is 2.96. The van der Waals surface area contributed by atoms with E-state index in [9.17, 15) is 4.39 Å². The SMILES string of the molecule is COc1ccc(CN2CCNC[C@@H]2C)cc1F. The van der Waals surface area contributed by atoms with Crippen LogP contribution in [-0.4, -0.2) is 37.7 Å². The fraction of sp³-hybridized carbons (Fsp3) is 0.538. The Kier molecular flexibility index (Phi) is 3.97. The molecule has 0 amide bonds. The van der Waals surface area contributed by atoms with Crippen LogP contribution in [0.2, 0.25) is 0 Å². The summed E-state index contributed by atoms with van der Waals surface area (Å²) in [6.45, 7) is 5.99. The van der Waals surface area contributed by atoms with Gasteiger partial charge in [0.25, 0.3) is 0 Å². The first-order chi connectivity index (χ1) is 8.20. The quantitative estimate of drug-likeness (QED) is 0.866. The number of benzene rings is 1. The second-order valence-electron chi connectivity index (χ2n) is 4.49. The maximum atomic E-state index is 13.5. The number of methoxy groups -OCH3 is 1. The van der Waals surface area contributed by atoms with E-state index in [4.69, 9.17) is 4.74 Å². The summed E-state index contributed by atoms with van der Waals surface area (Å²) in [5.41, 5.74) is 0.997. The Balaban J connectivity index is 2.05. The zero-order valence-corrected chi connectivity index (χ0v) is 10.4. The molecule has 4 heteroatoms. The monoisotopic (exact) mass is 238 g/mol. The van der Waals surface area contributed by atoms with Crippen LogP contribution in [0.3, 0.4) is 0 Å². The predicted molar refractivity (Wildman–Crippen MR) is 65.7 cm³/mol. The summed E-state index contributed by atoms with van der Waals surface area (Å²) in [5, 5.41) is 3.34. The Morgan fingerprint density at radius 3 is 3.00 bits per heavy atom. The topological polar surface area (TPSA) is 24.5 Å². The van der Waals surface area contributed by atoms with Crippen molar-refractivity contribution in [1.29, 1.82) is 0 Å². The highest BCUT2D eigenvalue weighted by Crippen LogP contribution is 2.19. The van der Waals surface area contributed by atoms with Crippen LogP contribution in [0.25, 0.3) is 0 Å². The standard InChI is InChI=1S/C13H19FN2O/c1-10-8-15-5-6-16(10)9-11-3-4-13(17-2)12(14)7-11/h3-4,7,10,15H,5-6,8-9H2,1-2H3/t10-/m0/s1. The number of hydrogen-bond acceptors (Lipinski definition) is 3. The third-order valence-corrected chi connectivity index (χ3v) is 3.24. The number of hydrogen-bond donors (Lipinski definition) is 1. The number of nitrogens with one attached hydrogen (secondary N) is 1. The second kappa shape index (κ2) is 5.47. The highest BCUT2D eigenvalue weighted by Gasteiger charge is 2.18. The molecule has 1 saturated heterocycles.